The Morgan fingerprint density at radius 3 is 2.87 bits per heavy atom. The number of fused-ring (bicyclic) bond motifs is 1. The predicted octanol–water partition coefficient (Wildman–Crippen LogP) is 1.19. The Hall–Kier alpha value is -2.75. The van der Waals surface area contributed by atoms with Crippen LogP contribution in [0, 0.1) is 0 Å². The van der Waals surface area contributed by atoms with E-state index in [1.165, 1.54) is 11.1 Å². The molecular weight excluding hydrogens is 410 g/mol. The average molecular weight is 432 g/mol. The molecule has 1 atom stereocenters. The number of anilines is 1. The zero-order chi connectivity index (χ0) is 21.3. The van der Waals surface area contributed by atoms with Gasteiger partial charge >= 0.3 is 0 Å². The molecule has 4 rings (SSSR count). The van der Waals surface area contributed by atoms with Gasteiger partial charge in [-0.2, -0.15) is 0 Å². The number of nitrogens with one attached hydrogen (secondary N) is 1. The molecule has 1 aromatic heterocycles. The minimum atomic E-state index is -1.06. The minimum Gasteiger partial charge on any atom is -0.394 e. The fourth-order valence-corrected chi connectivity index (χ4v) is 3.93. The van der Waals surface area contributed by atoms with Gasteiger partial charge < -0.3 is 25.8 Å². The summed E-state index contributed by atoms with van der Waals surface area (Å²) in [5, 5.41) is 13.1. The number of benzene rings is 1. The van der Waals surface area contributed by atoms with E-state index >= 15 is 0 Å². The van der Waals surface area contributed by atoms with Crippen molar-refractivity contribution in [3.63, 3.8) is 0 Å². The molecule has 0 bridgehead atoms. The molecule has 2 aromatic rings. The summed E-state index contributed by atoms with van der Waals surface area (Å²) in [6.45, 7) is 1.07. The molecule has 4 N–H and O–H groups in total. The number of ether oxygens (including phenoxy) is 1. The molecule has 2 amide bonds. The molecule has 158 valence electrons. The van der Waals surface area contributed by atoms with Crippen LogP contribution in [-0.2, 0) is 16.1 Å². The fraction of sp³-hybridized carbons (Fsp3) is 0.400. The fourth-order valence-electron chi connectivity index (χ4n) is 3.73. The molecule has 0 spiro atoms. The largest absolute Gasteiger partial charge is 0.394 e. The number of nitrogens with two attached hydrogens (primary N) is 1. The number of rotatable bonds is 6. The van der Waals surface area contributed by atoms with Crippen molar-refractivity contribution in [3.8, 4) is 11.3 Å². The first-order chi connectivity index (χ1) is 14.5. The maximum Gasteiger partial charge on any atom is 0.255 e. The van der Waals surface area contributed by atoms with E-state index in [1.54, 1.807) is 12.1 Å². The Morgan fingerprint density at radius 2 is 2.17 bits per heavy atom. The Bertz CT molecular complexity index is 980. The van der Waals surface area contributed by atoms with Gasteiger partial charge in [-0.1, -0.05) is 23.7 Å². The van der Waals surface area contributed by atoms with E-state index in [0.717, 1.165) is 18.4 Å². The molecule has 1 aromatic carbocycles. The SMILES string of the molecule is NC(=O)[C@@H](CO)N1Cc2ccc(-c3nc(NC4CCOCC4)ncc3Cl)cc2C1=O. The van der Waals surface area contributed by atoms with Gasteiger partial charge in [0.1, 0.15) is 6.04 Å². The van der Waals surface area contributed by atoms with Crippen molar-refractivity contribution < 1.29 is 19.4 Å². The summed E-state index contributed by atoms with van der Waals surface area (Å²) in [4.78, 5) is 34.5. The molecule has 10 heteroatoms. The molecule has 1 fully saturated rings. The van der Waals surface area contributed by atoms with Gasteiger partial charge in [0.25, 0.3) is 5.91 Å². The van der Waals surface area contributed by atoms with Crippen molar-refractivity contribution in [2.45, 2.75) is 31.5 Å². The number of carbonyl (C=O) groups excluding carboxylic acids is 2. The number of hydrogen-bond acceptors (Lipinski definition) is 7. The minimum absolute atomic E-state index is 0.205. The van der Waals surface area contributed by atoms with Crippen LogP contribution in [-0.4, -0.2) is 63.7 Å². The lowest BCUT2D eigenvalue weighted by molar-refractivity contribution is -0.123. The number of primary amides is 1. The van der Waals surface area contributed by atoms with Crippen LogP contribution in [0.25, 0.3) is 11.3 Å². The number of hydrogen-bond donors (Lipinski definition) is 3. The van der Waals surface area contributed by atoms with Crippen molar-refractivity contribution in [1.29, 1.82) is 0 Å². The lowest BCUT2D eigenvalue weighted by Gasteiger charge is -2.23. The van der Waals surface area contributed by atoms with Crippen LogP contribution >= 0.6 is 11.6 Å². The second-order valence-electron chi connectivity index (χ2n) is 7.33. The van der Waals surface area contributed by atoms with Crippen molar-refractivity contribution in [3.05, 3.63) is 40.5 Å². The van der Waals surface area contributed by atoms with Crippen LogP contribution < -0.4 is 11.1 Å². The summed E-state index contributed by atoms with van der Waals surface area (Å²) < 4.78 is 5.37. The van der Waals surface area contributed by atoms with Gasteiger partial charge in [-0.25, -0.2) is 9.97 Å². The third-order valence-electron chi connectivity index (χ3n) is 5.39. The highest BCUT2D eigenvalue weighted by atomic mass is 35.5. The van der Waals surface area contributed by atoms with Gasteiger partial charge in [-0.05, 0) is 24.5 Å². The van der Waals surface area contributed by atoms with Crippen LogP contribution in [0.2, 0.25) is 5.02 Å². The predicted molar refractivity (Wildman–Crippen MR) is 110 cm³/mol. The van der Waals surface area contributed by atoms with Crippen LogP contribution in [0.1, 0.15) is 28.8 Å². The molecule has 9 nitrogen and oxygen atoms in total. The van der Waals surface area contributed by atoms with Crippen molar-refractivity contribution in [2.75, 3.05) is 25.1 Å². The number of amides is 2. The van der Waals surface area contributed by atoms with E-state index in [1.807, 2.05) is 6.07 Å². The van der Waals surface area contributed by atoms with Gasteiger partial charge in [0.15, 0.2) is 0 Å². The van der Waals surface area contributed by atoms with Crippen LogP contribution in [0.3, 0.4) is 0 Å². The Morgan fingerprint density at radius 1 is 1.40 bits per heavy atom. The molecule has 30 heavy (non-hydrogen) atoms. The van der Waals surface area contributed by atoms with E-state index < -0.39 is 18.6 Å². The zero-order valence-corrected chi connectivity index (χ0v) is 16.9. The summed E-state index contributed by atoms with van der Waals surface area (Å²) in [6, 6.07) is 4.47. The molecule has 3 heterocycles. The number of nitrogens with zero attached hydrogens (tertiary/aromatic N) is 3. The second-order valence-corrected chi connectivity index (χ2v) is 7.73. The van der Waals surface area contributed by atoms with E-state index in [0.29, 0.717) is 41.0 Å². The highest BCUT2D eigenvalue weighted by Gasteiger charge is 2.35. The second kappa shape index (κ2) is 8.55. The topological polar surface area (TPSA) is 131 Å². The van der Waals surface area contributed by atoms with Crippen LogP contribution in [0.5, 0.6) is 0 Å². The molecule has 2 aliphatic rings. The maximum absolute atomic E-state index is 12.8. The average Bonchev–Trinajstić information content (AvgIpc) is 3.06. The number of carbonyl (C=O) groups is 2. The molecule has 0 saturated carbocycles. The summed E-state index contributed by atoms with van der Waals surface area (Å²) in [5.41, 5.74) is 7.65. The standard InChI is InChI=1S/C20H22ClN5O4/c21-15-8-23-20(24-13-3-5-30-6-4-13)25-17(15)11-1-2-12-9-26(16(10-27)18(22)28)19(29)14(12)7-11/h1-2,7-8,13,16,27H,3-6,9-10H2,(H2,22,28)(H,23,24,25)/t16-/m1/s1. The van der Waals surface area contributed by atoms with Gasteiger partial charge in [0.2, 0.25) is 11.9 Å². The smallest absolute Gasteiger partial charge is 0.255 e. The van der Waals surface area contributed by atoms with E-state index in [9.17, 15) is 14.7 Å². The number of halogens is 1. The monoisotopic (exact) mass is 431 g/mol. The third-order valence-corrected chi connectivity index (χ3v) is 5.67. The summed E-state index contributed by atoms with van der Waals surface area (Å²) in [7, 11) is 0. The molecule has 2 aliphatic heterocycles. The van der Waals surface area contributed by atoms with Crippen LogP contribution in [0.4, 0.5) is 5.95 Å². The van der Waals surface area contributed by atoms with Gasteiger partial charge in [-0.3, -0.25) is 9.59 Å². The molecule has 1 saturated heterocycles. The van der Waals surface area contributed by atoms with E-state index in [2.05, 4.69) is 15.3 Å². The third kappa shape index (κ3) is 3.96. The highest BCUT2D eigenvalue weighted by molar-refractivity contribution is 6.33. The normalized spacial score (nSPS) is 17.7. The van der Waals surface area contributed by atoms with E-state index in [4.69, 9.17) is 22.1 Å². The van der Waals surface area contributed by atoms with Crippen LogP contribution in [0.15, 0.2) is 24.4 Å². The molecular formula is C20H22ClN5O4. The number of aliphatic hydroxyl groups excluding tert-OH is 1. The van der Waals surface area contributed by atoms with Gasteiger partial charge in [0.05, 0.1) is 23.5 Å². The first kappa shape index (κ1) is 20.5. The first-order valence-corrected chi connectivity index (χ1v) is 10.1. The summed E-state index contributed by atoms with van der Waals surface area (Å²) in [5.74, 6) is -0.652. The number of aliphatic hydroxyl groups is 1. The highest BCUT2D eigenvalue weighted by Crippen LogP contribution is 2.32. The van der Waals surface area contributed by atoms with Gasteiger partial charge in [-0.15, -0.1) is 0 Å². The molecule has 0 unspecified atom stereocenters. The summed E-state index contributed by atoms with van der Waals surface area (Å²) >= 11 is 6.34. The first-order valence-electron chi connectivity index (χ1n) is 9.69. The van der Waals surface area contributed by atoms with E-state index in [-0.39, 0.29) is 18.5 Å². The maximum atomic E-state index is 12.8. The lowest BCUT2D eigenvalue weighted by Crippen LogP contribution is -2.47. The van der Waals surface area contributed by atoms with Crippen molar-refractivity contribution in [2.24, 2.45) is 5.73 Å². The van der Waals surface area contributed by atoms with Crippen molar-refractivity contribution in [1.82, 2.24) is 14.9 Å². The Labute approximate surface area is 178 Å². The Balaban J connectivity index is 1.61. The number of aromatic nitrogens is 2. The quantitative estimate of drug-likeness (QED) is 0.626. The van der Waals surface area contributed by atoms with Gasteiger partial charge in [0, 0.05) is 36.9 Å². The van der Waals surface area contributed by atoms with Crippen molar-refractivity contribution >= 4 is 29.4 Å². The lowest BCUT2D eigenvalue weighted by atomic mass is 10.0. The molecule has 0 aliphatic carbocycles. The molecule has 0 radical (unpaired) electrons. The Kier molecular flexibility index (Phi) is 5.85. The summed E-state index contributed by atoms with van der Waals surface area (Å²) in [6.07, 6.45) is 3.27. The zero-order valence-electron chi connectivity index (χ0n) is 16.2.